The van der Waals surface area contributed by atoms with E-state index in [0.29, 0.717) is 19.0 Å². The highest BCUT2D eigenvalue weighted by atomic mass is 35.5. The molecule has 0 bridgehead atoms. The van der Waals surface area contributed by atoms with Crippen molar-refractivity contribution in [2.75, 3.05) is 13.1 Å². The van der Waals surface area contributed by atoms with Gasteiger partial charge in [-0.05, 0) is 18.8 Å². The fourth-order valence-corrected chi connectivity index (χ4v) is 4.24. The summed E-state index contributed by atoms with van der Waals surface area (Å²) >= 11 is 0. The fraction of sp³-hybridized carbons (Fsp3) is 0.727. The average molecular weight is 309 g/mol. The number of piperidine rings is 1. The molecule has 19 heavy (non-hydrogen) atoms. The van der Waals surface area contributed by atoms with Gasteiger partial charge in [-0.3, -0.25) is 0 Å². The van der Waals surface area contributed by atoms with Crippen LogP contribution in [0.1, 0.15) is 19.8 Å². The summed E-state index contributed by atoms with van der Waals surface area (Å²) in [6.07, 6.45) is 4.93. The molecule has 110 valence electrons. The van der Waals surface area contributed by atoms with Crippen molar-refractivity contribution in [3.63, 3.8) is 0 Å². The van der Waals surface area contributed by atoms with Gasteiger partial charge in [-0.15, -0.1) is 12.4 Å². The Bertz CT molecular complexity index is 517. The minimum atomic E-state index is -3.51. The van der Waals surface area contributed by atoms with Gasteiger partial charge < -0.3 is 10.3 Å². The lowest BCUT2D eigenvalue weighted by molar-refractivity contribution is 0.192. The molecule has 0 aromatic carbocycles. The third-order valence-corrected chi connectivity index (χ3v) is 5.37. The van der Waals surface area contributed by atoms with Crippen LogP contribution in [0, 0.1) is 5.92 Å². The quantitative estimate of drug-likeness (QED) is 0.886. The maximum absolute atomic E-state index is 12.5. The number of rotatable bonds is 3. The molecule has 2 atom stereocenters. The zero-order valence-corrected chi connectivity index (χ0v) is 12.8. The highest BCUT2D eigenvalue weighted by molar-refractivity contribution is 7.89. The molecule has 1 aliphatic rings. The van der Waals surface area contributed by atoms with E-state index in [1.807, 2.05) is 0 Å². The molecule has 2 rings (SSSR count). The van der Waals surface area contributed by atoms with Crippen molar-refractivity contribution in [2.24, 2.45) is 18.7 Å². The number of aryl methyl sites for hydroxylation is 1. The van der Waals surface area contributed by atoms with Crippen molar-refractivity contribution >= 4 is 22.4 Å². The Morgan fingerprint density at radius 2 is 2.21 bits per heavy atom. The molecule has 8 heteroatoms. The fourth-order valence-electron chi connectivity index (χ4n) is 2.50. The van der Waals surface area contributed by atoms with Crippen LogP contribution in [0.2, 0.25) is 0 Å². The first kappa shape index (κ1) is 16.4. The number of hydrogen-bond acceptors (Lipinski definition) is 4. The number of imidazole rings is 1. The van der Waals surface area contributed by atoms with Gasteiger partial charge in [0.2, 0.25) is 0 Å². The zero-order valence-electron chi connectivity index (χ0n) is 11.2. The molecule has 1 saturated heterocycles. The summed E-state index contributed by atoms with van der Waals surface area (Å²) in [6.45, 7) is 2.94. The Morgan fingerprint density at radius 1 is 1.53 bits per heavy atom. The first-order valence-corrected chi connectivity index (χ1v) is 7.60. The molecule has 0 aliphatic carbocycles. The molecular weight excluding hydrogens is 288 g/mol. The highest BCUT2D eigenvalue weighted by Gasteiger charge is 2.37. The second-order valence-electron chi connectivity index (χ2n) is 4.92. The van der Waals surface area contributed by atoms with Crippen LogP contribution >= 0.6 is 12.4 Å². The van der Waals surface area contributed by atoms with Crippen molar-refractivity contribution in [3.8, 4) is 0 Å². The van der Waals surface area contributed by atoms with Gasteiger partial charge in [0.05, 0.1) is 6.33 Å². The lowest BCUT2D eigenvalue weighted by Crippen LogP contribution is -2.51. The van der Waals surface area contributed by atoms with Crippen LogP contribution in [-0.2, 0) is 17.1 Å². The van der Waals surface area contributed by atoms with Gasteiger partial charge >= 0.3 is 0 Å². The predicted octanol–water partition coefficient (Wildman–Crippen LogP) is 0.590. The van der Waals surface area contributed by atoms with E-state index >= 15 is 0 Å². The van der Waals surface area contributed by atoms with Crippen LogP contribution < -0.4 is 5.73 Å². The van der Waals surface area contributed by atoms with E-state index in [9.17, 15) is 8.42 Å². The Hall–Kier alpha value is -0.630. The summed E-state index contributed by atoms with van der Waals surface area (Å²) < 4.78 is 28.2. The molecule has 1 aromatic rings. The second kappa shape index (κ2) is 6.21. The molecule has 0 saturated carbocycles. The number of nitrogens with zero attached hydrogens (tertiary/aromatic N) is 3. The molecule has 0 amide bonds. The number of hydrogen-bond donors (Lipinski definition) is 1. The molecule has 2 unspecified atom stereocenters. The van der Waals surface area contributed by atoms with Crippen LogP contribution in [0.15, 0.2) is 17.6 Å². The number of halogens is 1. The maximum atomic E-state index is 12.5. The molecular formula is C11H21ClN4O2S. The van der Waals surface area contributed by atoms with E-state index in [1.165, 1.54) is 16.8 Å². The van der Waals surface area contributed by atoms with Gasteiger partial charge in [0.15, 0.2) is 5.03 Å². The van der Waals surface area contributed by atoms with Crippen molar-refractivity contribution in [1.29, 1.82) is 0 Å². The molecule has 6 nitrogen and oxygen atoms in total. The number of aromatic nitrogens is 2. The minimum absolute atomic E-state index is 0. The van der Waals surface area contributed by atoms with Gasteiger partial charge in [0.25, 0.3) is 10.0 Å². The Morgan fingerprint density at radius 3 is 2.74 bits per heavy atom. The van der Waals surface area contributed by atoms with Crippen molar-refractivity contribution < 1.29 is 8.42 Å². The molecule has 2 heterocycles. The number of sulfonamides is 1. The van der Waals surface area contributed by atoms with E-state index in [-0.39, 0.29) is 23.5 Å². The monoisotopic (exact) mass is 308 g/mol. The van der Waals surface area contributed by atoms with Gasteiger partial charge in [-0.25, -0.2) is 13.4 Å². The molecule has 2 N–H and O–H groups in total. The lowest BCUT2D eigenvalue weighted by Gasteiger charge is -2.37. The van der Waals surface area contributed by atoms with Crippen molar-refractivity contribution in [1.82, 2.24) is 13.9 Å². The predicted molar refractivity (Wildman–Crippen MR) is 75.6 cm³/mol. The van der Waals surface area contributed by atoms with Gasteiger partial charge in [0, 0.05) is 32.4 Å². The van der Waals surface area contributed by atoms with Crippen LogP contribution in [0.4, 0.5) is 0 Å². The Kier molecular flexibility index (Phi) is 5.37. The van der Waals surface area contributed by atoms with E-state index in [4.69, 9.17) is 5.73 Å². The Labute approximate surface area is 120 Å². The van der Waals surface area contributed by atoms with Gasteiger partial charge in [-0.1, -0.05) is 6.92 Å². The zero-order chi connectivity index (χ0) is 13.3. The van der Waals surface area contributed by atoms with E-state index < -0.39 is 10.0 Å². The summed E-state index contributed by atoms with van der Waals surface area (Å²) in [5.41, 5.74) is 5.73. The van der Waals surface area contributed by atoms with Crippen molar-refractivity contribution in [3.05, 3.63) is 12.5 Å². The summed E-state index contributed by atoms with van der Waals surface area (Å²) in [5.74, 6) is 0.294. The SMILES string of the molecule is CC1CCCN(S(=O)(=O)c2cn(C)cn2)C1CN.Cl. The standard InChI is InChI=1S/C11H20N4O2S.ClH/c1-9-4-3-5-15(10(9)6-12)18(16,17)11-7-14(2)8-13-11;/h7-10H,3-6,12H2,1-2H3;1H. The molecule has 1 fully saturated rings. The Balaban J connectivity index is 0.00000180. The molecule has 1 aromatic heterocycles. The smallest absolute Gasteiger partial charge is 0.262 e. The summed E-state index contributed by atoms with van der Waals surface area (Å²) in [4.78, 5) is 3.95. The first-order chi connectivity index (χ1) is 8.46. The van der Waals surface area contributed by atoms with Crippen LogP contribution in [-0.4, -0.2) is 41.4 Å². The number of nitrogens with two attached hydrogens (primary N) is 1. The normalized spacial score (nSPS) is 25.0. The average Bonchev–Trinajstić information content (AvgIpc) is 2.76. The van der Waals surface area contributed by atoms with E-state index in [2.05, 4.69) is 11.9 Å². The van der Waals surface area contributed by atoms with E-state index in [1.54, 1.807) is 11.6 Å². The largest absolute Gasteiger partial charge is 0.339 e. The third-order valence-electron chi connectivity index (χ3n) is 3.56. The third kappa shape index (κ3) is 3.10. The molecule has 0 spiro atoms. The lowest BCUT2D eigenvalue weighted by atomic mass is 9.93. The topological polar surface area (TPSA) is 81.2 Å². The first-order valence-electron chi connectivity index (χ1n) is 6.16. The van der Waals surface area contributed by atoms with Crippen LogP contribution in [0.3, 0.4) is 0 Å². The van der Waals surface area contributed by atoms with Crippen LogP contribution in [0.25, 0.3) is 0 Å². The summed E-state index contributed by atoms with van der Waals surface area (Å²) in [5, 5.41) is 0.109. The van der Waals surface area contributed by atoms with Crippen LogP contribution in [0.5, 0.6) is 0 Å². The van der Waals surface area contributed by atoms with Gasteiger partial charge in [0.1, 0.15) is 0 Å². The minimum Gasteiger partial charge on any atom is -0.339 e. The summed E-state index contributed by atoms with van der Waals surface area (Å²) in [6, 6.07) is -0.120. The summed E-state index contributed by atoms with van der Waals surface area (Å²) in [7, 11) is -1.76. The maximum Gasteiger partial charge on any atom is 0.262 e. The van der Waals surface area contributed by atoms with E-state index in [0.717, 1.165) is 12.8 Å². The van der Waals surface area contributed by atoms with Gasteiger partial charge in [-0.2, -0.15) is 4.31 Å². The highest BCUT2D eigenvalue weighted by Crippen LogP contribution is 2.27. The molecule has 0 radical (unpaired) electrons. The second-order valence-corrected chi connectivity index (χ2v) is 6.75. The molecule has 1 aliphatic heterocycles. The van der Waals surface area contributed by atoms with Crippen molar-refractivity contribution in [2.45, 2.75) is 30.8 Å².